The number of morpholine rings is 1. The number of hydrogen-bond donors (Lipinski definition) is 1. The van der Waals surface area contributed by atoms with E-state index in [2.05, 4.69) is 11.8 Å². The normalized spacial score (nSPS) is 22.1. The Bertz CT molecular complexity index is 268. The first-order chi connectivity index (χ1) is 7.04. The highest BCUT2D eigenvalue weighted by Crippen LogP contribution is 2.15. The number of rotatable bonds is 3. The van der Waals surface area contributed by atoms with Crippen molar-refractivity contribution >= 4 is 5.91 Å². The molecule has 86 valence electrons. The fourth-order valence-electron chi connectivity index (χ4n) is 1.75. The van der Waals surface area contributed by atoms with Gasteiger partial charge in [0.25, 0.3) is 0 Å². The first-order valence-electron chi connectivity index (χ1n) is 5.33. The lowest BCUT2D eigenvalue weighted by Gasteiger charge is -2.33. The van der Waals surface area contributed by atoms with E-state index in [-0.39, 0.29) is 11.9 Å². The molecule has 4 heteroatoms. The fourth-order valence-corrected chi connectivity index (χ4v) is 1.75. The number of nitrogens with zero attached hydrogens (tertiary/aromatic N) is 1. The third-order valence-electron chi connectivity index (χ3n) is 3.18. The van der Waals surface area contributed by atoms with Gasteiger partial charge in [0.2, 0.25) is 5.91 Å². The second-order valence-electron chi connectivity index (χ2n) is 4.00. The van der Waals surface area contributed by atoms with Crippen LogP contribution in [0.3, 0.4) is 0 Å². The van der Waals surface area contributed by atoms with E-state index in [4.69, 9.17) is 10.5 Å². The van der Waals surface area contributed by atoms with Gasteiger partial charge in [-0.15, -0.1) is 0 Å². The van der Waals surface area contributed by atoms with E-state index in [0.717, 1.165) is 31.9 Å². The first kappa shape index (κ1) is 12.2. The van der Waals surface area contributed by atoms with Crippen molar-refractivity contribution in [2.75, 3.05) is 26.3 Å². The maximum atomic E-state index is 11.0. The van der Waals surface area contributed by atoms with Crippen molar-refractivity contribution in [3.63, 3.8) is 0 Å². The molecule has 0 radical (unpaired) electrons. The summed E-state index contributed by atoms with van der Waals surface area (Å²) in [4.78, 5) is 13.4. The van der Waals surface area contributed by atoms with Crippen molar-refractivity contribution in [1.29, 1.82) is 0 Å². The van der Waals surface area contributed by atoms with Gasteiger partial charge in [-0.1, -0.05) is 0 Å². The molecule has 1 rings (SSSR count). The number of carbonyl (C=O) groups excluding carboxylic acids is 1. The molecule has 15 heavy (non-hydrogen) atoms. The minimum Gasteiger partial charge on any atom is -0.379 e. The summed E-state index contributed by atoms with van der Waals surface area (Å²) in [5.41, 5.74) is 7.00. The van der Waals surface area contributed by atoms with Gasteiger partial charge in [-0.25, -0.2) is 0 Å². The molecule has 0 aromatic rings. The van der Waals surface area contributed by atoms with Gasteiger partial charge in [0.15, 0.2) is 0 Å². The molecule has 4 nitrogen and oxygen atoms in total. The van der Waals surface area contributed by atoms with Gasteiger partial charge >= 0.3 is 0 Å². The molecule has 1 saturated heterocycles. The molecule has 1 aliphatic heterocycles. The van der Waals surface area contributed by atoms with Crippen molar-refractivity contribution in [3.05, 3.63) is 11.1 Å². The summed E-state index contributed by atoms with van der Waals surface area (Å²) in [6, 6.07) is 0.265. The molecule has 0 aromatic carbocycles. The standard InChI is InChI=1S/C11H20N2O2/c1-8(9(2)11(12)14)10(3)13-4-6-15-7-5-13/h10H,4-7H2,1-3H3,(H2,12,14). The van der Waals surface area contributed by atoms with E-state index < -0.39 is 0 Å². The molecule has 2 N–H and O–H groups in total. The third kappa shape index (κ3) is 3.04. The molecular weight excluding hydrogens is 192 g/mol. The zero-order valence-corrected chi connectivity index (χ0v) is 9.75. The van der Waals surface area contributed by atoms with Crippen LogP contribution in [0.5, 0.6) is 0 Å². The molecule has 1 fully saturated rings. The Kier molecular flexibility index (Phi) is 4.29. The predicted molar refractivity (Wildman–Crippen MR) is 59.4 cm³/mol. The van der Waals surface area contributed by atoms with Crippen LogP contribution in [0, 0.1) is 0 Å². The Morgan fingerprint density at radius 2 is 1.87 bits per heavy atom. The average Bonchev–Trinajstić information content (AvgIpc) is 2.27. The molecule has 0 saturated carbocycles. The van der Waals surface area contributed by atoms with Gasteiger partial charge in [-0.05, 0) is 26.3 Å². The van der Waals surface area contributed by atoms with Crippen LogP contribution < -0.4 is 5.73 Å². The smallest absolute Gasteiger partial charge is 0.244 e. The fraction of sp³-hybridized carbons (Fsp3) is 0.727. The first-order valence-corrected chi connectivity index (χ1v) is 5.33. The van der Waals surface area contributed by atoms with Crippen molar-refractivity contribution in [2.45, 2.75) is 26.8 Å². The van der Waals surface area contributed by atoms with E-state index in [1.165, 1.54) is 0 Å². The zero-order chi connectivity index (χ0) is 11.4. The number of ether oxygens (including phenoxy) is 1. The average molecular weight is 212 g/mol. The molecule has 1 aliphatic rings. The number of primary amides is 1. The van der Waals surface area contributed by atoms with Crippen molar-refractivity contribution in [1.82, 2.24) is 4.90 Å². The van der Waals surface area contributed by atoms with Crippen LogP contribution in [-0.2, 0) is 9.53 Å². The third-order valence-corrected chi connectivity index (χ3v) is 3.18. The Morgan fingerprint density at radius 1 is 1.33 bits per heavy atom. The monoisotopic (exact) mass is 212 g/mol. The number of nitrogens with two attached hydrogens (primary N) is 1. The zero-order valence-electron chi connectivity index (χ0n) is 9.75. The molecule has 1 heterocycles. The maximum Gasteiger partial charge on any atom is 0.244 e. The molecule has 0 spiro atoms. The van der Waals surface area contributed by atoms with Gasteiger partial charge in [-0.3, -0.25) is 9.69 Å². The highest BCUT2D eigenvalue weighted by atomic mass is 16.5. The lowest BCUT2D eigenvalue weighted by Crippen LogP contribution is -2.43. The molecular formula is C11H20N2O2. The van der Waals surface area contributed by atoms with E-state index in [1.807, 2.05) is 6.92 Å². The summed E-state index contributed by atoms with van der Waals surface area (Å²) in [5, 5.41) is 0. The predicted octanol–water partition coefficient (Wildman–Crippen LogP) is 0.529. The minimum atomic E-state index is -0.326. The van der Waals surface area contributed by atoms with Gasteiger partial charge in [-0.2, -0.15) is 0 Å². The van der Waals surface area contributed by atoms with Crippen molar-refractivity contribution in [2.24, 2.45) is 5.73 Å². The van der Waals surface area contributed by atoms with Crippen molar-refractivity contribution < 1.29 is 9.53 Å². The van der Waals surface area contributed by atoms with Crippen molar-refractivity contribution in [3.8, 4) is 0 Å². The number of amides is 1. The quantitative estimate of drug-likeness (QED) is 0.694. The van der Waals surface area contributed by atoms with Gasteiger partial charge < -0.3 is 10.5 Å². The Balaban J connectivity index is 2.69. The Morgan fingerprint density at radius 3 is 2.33 bits per heavy atom. The molecule has 1 atom stereocenters. The lowest BCUT2D eigenvalue weighted by molar-refractivity contribution is -0.114. The highest BCUT2D eigenvalue weighted by Gasteiger charge is 2.20. The van der Waals surface area contributed by atoms with Crippen LogP contribution in [0.2, 0.25) is 0 Å². The summed E-state index contributed by atoms with van der Waals surface area (Å²) in [6.45, 7) is 9.25. The van der Waals surface area contributed by atoms with Crippen LogP contribution in [0.25, 0.3) is 0 Å². The highest BCUT2D eigenvalue weighted by molar-refractivity contribution is 5.92. The molecule has 1 amide bonds. The van der Waals surface area contributed by atoms with Gasteiger partial charge in [0.05, 0.1) is 13.2 Å². The van der Waals surface area contributed by atoms with Gasteiger partial charge in [0, 0.05) is 24.7 Å². The van der Waals surface area contributed by atoms with Gasteiger partial charge in [0.1, 0.15) is 0 Å². The van der Waals surface area contributed by atoms with E-state index in [1.54, 1.807) is 6.92 Å². The molecule has 0 aromatic heterocycles. The van der Waals surface area contributed by atoms with Crippen LogP contribution in [0.1, 0.15) is 20.8 Å². The summed E-state index contributed by atoms with van der Waals surface area (Å²) < 4.78 is 5.29. The Labute approximate surface area is 91.1 Å². The van der Waals surface area contributed by atoms with Crippen LogP contribution in [0.4, 0.5) is 0 Å². The van der Waals surface area contributed by atoms with Crippen LogP contribution in [-0.4, -0.2) is 43.2 Å². The van der Waals surface area contributed by atoms with Crippen LogP contribution >= 0.6 is 0 Å². The SMILES string of the molecule is CC(C(N)=O)=C(C)C(C)N1CCOCC1. The second kappa shape index (κ2) is 5.28. The minimum absolute atomic E-state index is 0.265. The topological polar surface area (TPSA) is 55.6 Å². The molecule has 0 aliphatic carbocycles. The molecule has 0 bridgehead atoms. The van der Waals surface area contributed by atoms with E-state index in [0.29, 0.717) is 5.57 Å². The second-order valence-corrected chi connectivity index (χ2v) is 4.00. The number of carbonyl (C=O) groups is 1. The summed E-state index contributed by atoms with van der Waals surface area (Å²) >= 11 is 0. The largest absolute Gasteiger partial charge is 0.379 e. The summed E-state index contributed by atoms with van der Waals surface area (Å²) in [5.74, 6) is -0.326. The van der Waals surface area contributed by atoms with Crippen LogP contribution in [0.15, 0.2) is 11.1 Å². The van der Waals surface area contributed by atoms with E-state index >= 15 is 0 Å². The molecule has 1 unspecified atom stereocenters. The summed E-state index contributed by atoms with van der Waals surface area (Å²) in [7, 11) is 0. The summed E-state index contributed by atoms with van der Waals surface area (Å²) in [6.07, 6.45) is 0. The van der Waals surface area contributed by atoms with E-state index in [9.17, 15) is 4.79 Å². The maximum absolute atomic E-state index is 11.0. The Hall–Kier alpha value is -0.870. The lowest BCUT2D eigenvalue weighted by atomic mass is 10.0. The number of hydrogen-bond acceptors (Lipinski definition) is 3.